The van der Waals surface area contributed by atoms with Crippen LogP contribution in [0.1, 0.15) is 62.6 Å². The van der Waals surface area contributed by atoms with Crippen LogP contribution >= 0.6 is 0 Å². The first kappa shape index (κ1) is 33.5. The van der Waals surface area contributed by atoms with Crippen LogP contribution in [-0.4, -0.2) is 66.9 Å². The van der Waals surface area contributed by atoms with Crippen molar-refractivity contribution in [2.75, 3.05) is 26.2 Å². The maximum atomic E-state index is 14.0. The number of nitrogens with one attached hydrogen (secondary N) is 3. The van der Waals surface area contributed by atoms with Crippen LogP contribution in [0.25, 0.3) is 0 Å². The lowest BCUT2D eigenvalue weighted by atomic mass is 9.90. The molecule has 9 nitrogen and oxygen atoms in total. The van der Waals surface area contributed by atoms with Crippen molar-refractivity contribution in [3.8, 4) is 0 Å². The van der Waals surface area contributed by atoms with Crippen molar-refractivity contribution in [1.82, 2.24) is 20.9 Å². The summed E-state index contributed by atoms with van der Waals surface area (Å²) in [6.45, 7) is 7.44. The second-order valence-electron chi connectivity index (χ2n) is 12.4. The molecule has 1 aliphatic heterocycles. The molecule has 0 unspecified atom stereocenters. The average Bonchev–Trinajstić information content (AvgIpc) is 3.18. The fraction of sp³-hybridized carbons (Fsp3) is 0.417. The van der Waals surface area contributed by atoms with E-state index in [-0.39, 0.29) is 24.5 Å². The molecule has 9 heteroatoms. The lowest BCUT2D eigenvalue weighted by molar-refractivity contribution is -0.133. The van der Waals surface area contributed by atoms with Crippen LogP contribution in [0.15, 0.2) is 91.0 Å². The van der Waals surface area contributed by atoms with Crippen LogP contribution in [-0.2, 0) is 20.9 Å². The number of alkyl carbamates (subject to hydrolysis) is 2. The summed E-state index contributed by atoms with van der Waals surface area (Å²) in [6.07, 6.45) is 0.773. The number of nitrogens with zero attached hydrogens (tertiary/aromatic N) is 1. The molecule has 1 saturated heterocycles. The summed E-state index contributed by atoms with van der Waals surface area (Å²) in [5.74, 6) is 0.0211. The first-order valence-corrected chi connectivity index (χ1v) is 15.7. The number of hydrogen-bond acceptors (Lipinski definition) is 6. The van der Waals surface area contributed by atoms with Gasteiger partial charge in [-0.3, -0.25) is 4.79 Å². The second-order valence-corrected chi connectivity index (χ2v) is 12.4. The number of benzene rings is 3. The zero-order valence-electron chi connectivity index (χ0n) is 26.5. The van der Waals surface area contributed by atoms with Gasteiger partial charge in [0.05, 0.1) is 6.04 Å². The number of ether oxygens (including phenoxy) is 2. The highest BCUT2D eigenvalue weighted by Crippen LogP contribution is 2.27. The highest BCUT2D eigenvalue weighted by atomic mass is 16.6. The fourth-order valence-electron chi connectivity index (χ4n) is 5.42. The van der Waals surface area contributed by atoms with E-state index in [9.17, 15) is 14.4 Å². The van der Waals surface area contributed by atoms with Crippen LogP contribution in [0, 0.1) is 0 Å². The van der Waals surface area contributed by atoms with Gasteiger partial charge in [-0.2, -0.15) is 0 Å². The minimum Gasteiger partial charge on any atom is -0.445 e. The highest BCUT2D eigenvalue weighted by Gasteiger charge is 2.33. The zero-order valence-corrected chi connectivity index (χ0v) is 26.5. The van der Waals surface area contributed by atoms with Gasteiger partial charge in [-0.1, -0.05) is 91.0 Å². The lowest BCUT2D eigenvalue weighted by Crippen LogP contribution is -2.49. The van der Waals surface area contributed by atoms with Crippen LogP contribution < -0.4 is 16.0 Å². The van der Waals surface area contributed by atoms with Crippen molar-refractivity contribution in [3.63, 3.8) is 0 Å². The fourth-order valence-corrected chi connectivity index (χ4v) is 5.42. The molecule has 0 aliphatic carbocycles. The van der Waals surface area contributed by atoms with Crippen LogP contribution in [0.2, 0.25) is 0 Å². The van der Waals surface area contributed by atoms with Gasteiger partial charge in [-0.05, 0) is 56.7 Å². The standard InChI is InChI=1S/C36H46N4O5/c1-36(2,3)45-35(43)38-24-30-21-23-40(25-31(28-16-9-5-10-17-28)29-18-11-6-12-19-29)33(41)32(39-30)20-13-22-37-34(42)44-26-27-14-7-4-8-15-27/h4-12,14-19,30-32,39H,13,20-26H2,1-3H3,(H,37,42)(H,38,43)/t30-,32-/m1/s1. The van der Waals surface area contributed by atoms with Gasteiger partial charge in [0.1, 0.15) is 12.2 Å². The predicted octanol–water partition coefficient (Wildman–Crippen LogP) is 5.61. The van der Waals surface area contributed by atoms with E-state index in [1.165, 1.54) is 0 Å². The Morgan fingerprint density at radius 1 is 0.889 bits per heavy atom. The van der Waals surface area contributed by atoms with Crippen molar-refractivity contribution in [1.29, 1.82) is 0 Å². The Hall–Kier alpha value is -4.37. The number of rotatable bonds is 12. The molecule has 3 aromatic rings. The molecule has 2 atom stereocenters. The summed E-state index contributed by atoms with van der Waals surface area (Å²) in [5.41, 5.74) is 2.60. The van der Waals surface area contributed by atoms with E-state index >= 15 is 0 Å². The molecular formula is C36H46N4O5. The minimum absolute atomic E-state index is 0.00879. The van der Waals surface area contributed by atoms with Crippen molar-refractivity contribution in [2.24, 2.45) is 0 Å². The van der Waals surface area contributed by atoms with Crippen molar-refractivity contribution in [3.05, 3.63) is 108 Å². The van der Waals surface area contributed by atoms with Crippen LogP contribution in [0.3, 0.4) is 0 Å². The monoisotopic (exact) mass is 614 g/mol. The van der Waals surface area contributed by atoms with E-state index in [0.29, 0.717) is 45.4 Å². The summed E-state index contributed by atoms with van der Waals surface area (Å²) < 4.78 is 10.7. The normalized spacial score (nSPS) is 17.0. The third kappa shape index (κ3) is 11.2. The second kappa shape index (κ2) is 16.6. The molecule has 0 aromatic heterocycles. The molecule has 240 valence electrons. The van der Waals surface area contributed by atoms with Gasteiger partial charge >= 0.3 is 12.2 Å². The third-order valence-corrected chi connectivity index (χ3v) is 7.64. The Bertz CT molecular complexity index is 1310. The van der Waals surface area contributed by atoms with Gasteiger partial charge in [-0.15, -0.1) is 0 Å². The first-order valence-electron chi connectivity index (χ1n) is 15.7. The maximum Gasteiger partial charge on any atom is 0.407 e. The van der Waals surface area contributed by atoms with E-state index < -0.39 is 23.8 Å². The smallest absolute Gasteiger partial charge is 0.407 e. The molecule has 3 aromatic carbocycles. The molecule has 1 aliphatic rings. The van der Waals surface area contributed by atoms with Crippen molar-refractivity contribution >= 4 is 18.1 Å². The number of hydrogen-bond donors (Lipinski definition) is 3. The van der Waals surface area contributed by atoms with E-state index in [1.807, 2.05) is 92.4 Å². The van der Waals surface area contributed by atoms with Gasteiger partial charge in [-0.25, -0.2) is 9.59 Å². The number of amides is 3. The van der Waals surface area contributed by atoms with Gasteiger partial charge in [0.15, 0.2) is 0 Å². The summed E-state index contributed by atoms with van der Waals surface area (Å²) in [5, 5.41) is 9.15. The molecule has 3 amide bonds. The zero-order chi connectivity index (χ0) is 32.1. The van der Waals surface area contributed by atoms with Crippen molar-refractivity contribution in [2.45, 2.75) is 70.2 Å². The molecule has 4 rings (SSSR count). The predicted molar refractivity (Wildman–Crippen MR) is 175 cm³/mol. The van der Waals surface area contributed by atoms with E-state index in [2.05, 4.69) is 40.2 Å². The summed E-state index contributed by atoms with van der Waals surface area (Å²) in [4.78, 5) is 40.6. The Balaban J connectivity index is 1.41. The van der Waals surface area contributed by atoms with Gasteiger partial charge in [0, 0.05) is 38.1 Å². The van der Waals surface area contributed by atoms with Crippen LogP contribution in [0.5, 0.6) is 0 Å². The number of carbonyl (C=O) groups is 3. The van der Waals surface area contributed by atoms with E-state index in [1.54, 1.807) is 0 Å². The third-order valence-electron chi connectivity index (χ3n) is 7.64. The minimum atomic E-state index is -0.602. The van der Waals surface area contributed by atoms with E-state index in [0.717, 1.165) is 16.7 Å². The largest absolute Gasteiger partial charge is 0.445 e. The van der Waals surface area contributed by atoms with Crippen molar-refractivity contribution < 1.29 is 23.9 Å². The Morgan fingerprint density at radius 2 is 1.49 bits per heavy atom. The highest BCUT2D eigenvalue weighted by molar-refractivity contribution is 5.82. The summed E-state index contributed by atoms with van der Waals surface area (Å²) in [6, 6.07) is 29.4. The Labute approximate surface area is 266 Å². The first-order chi connectivity index (χ1) is 21.7. The molecular weight excluding hydrogens is 568 g/mol. The topological polar surface area (TPSA) is 109 Å². The quantitative estimate of drug-likeness (QED) is 0.229. The molecule has 3 N–H and O–H groups in total. The molecule has 1 fully saturated rings. The summed E-state index contributed by atoms with van der Waals surface area (Å²) >= 11 is 0. The van der Waals surface area contributed by atoms with Gasteiger partial charge in [0.25, 0.3) is 0 Å². The average molecular weight is 615 g/mol. The Morgan fingerprint density at radius 3 is 2.09 bits per heavy atom. The SMILES string of the molecule is CC(C)(C)OC(=O)NC[C@H]1CCN(CC(c2ccccc2)c2ccccc2)C(=O)[C@@H](CCCNC(=O)OCc2ccccc2)N1. The molecule has 45 heavy (non-hydrogen) atoms. The van der Waals surface area contributed by atoms with Crippen LogP contribution in [0.4, 0.5) is 9.59 Å². The molecule has 0 bridgehead atoms. The van der Waals surface area contributed by atoms with Gasteiger partial charge in [0.2, 0.25) is 5.91 Å². The number of carbonyl (C=O) groups excluding carboxylic acids is 3. The molecule has 0 spiro atoms. The van der Waals surface area contributed by atoms with E-state index in [4.69, 9.17) is 9.47 Å². The molecule has 0 radical (unpaired) electrons. The Kier molecular flexibility index (Phi) is 12.4. The maximum absolute atomic E-state index is 14.0. The molecule has 0 saturated carbocycles. The summed E-state index contributed by atoms with van der Waals surface area (Å²) in [7, 11) is 0. The van der Waals surface area contributed by atoms with Gasteiger partial charge < -0.3 is 30.3 Å². The molecule has 1 heterocycles. The lowest BCUT2D eigenvalue weighted by Gasteiger charge is -2.29.